The summed E-state index contributed by atoms with van der Waals surface area (Å²) in [7, 11) is 0. The number of unbranched alkanes of at least 4 members (excludes halogenated alkanes) is 2. The predicted molar refractivity (Wildman–Crippen MR) is 95.7 cm³/mol. The first kappa shape index (κ1) is 21.0. The molecule has 24 heavy (non-hydrogen) atoms. The van der Waals surface area contributed by atoms with E-state index in [1.807, 2.05) is 0 Å². The third-order valence-electron chi connectivity index (χ3n) is 4.67. The molecule has 140 valence electrons. The Labute approximate surface area is 147 Å². The Balaban J connectivity index is 0.000000240. The Morgan fingerprint density at radius 1 is 0.750 bits per heavy atom. The molecule has 2 fully saturated rings. The van der Waals surface area contributed by atoms with Crippen molar-refractivity contribution >= 4 is 11.9 Å². The first-order valence-electron chi connectivity index (χ1n) is 10.0. The molecule has 0 N–H and O–H groups in total. The number of ether oxygens (including phenoxy) is 2. The maximum absolute atomic E-state index is 11.0. The molecule has 0 amide bonds. The van der Waals surface area contributed by atoms with Crippen molar-refractivity contribution in [3.05, 3.63) is 0 Å². The van der Waals surface area contributed by atoms with Gasteiger partial charge in [-0.3, -0.25) is 9.59 Å². The van der Waals surface area contributed by atoms with Gasteiger partial charge in [0.1, 0.15) is 12.2 Å². The second kappa shape index (κ2) is 13.3. The van der Waals surface area contributed by atoms with Gasteiger partial charge in [0.2, 0.25) is 0 Å². The molecule has 0 aromatic rings. The zero-order chi connectivity index (χ0) is 17.6. The van der Waals surface area contributed by atoms with E-state index in [0.717, 1.165) is 51.4 Å². The monoisotopic (exact) mass is 340 g/mol. The number of carbonyl (C=O) groups excluding carboxylic acids is 2. The van der Waals surface area contributed by atoms with Crippen LogP contribution in [0.15, 0.2) is 0 Å². The minimum absolute atomic E-state index is 0.00797. The minimum Gasteiger partial charge on any atom is -0.462 e. The first-order chi connectivity index (χ1) is 11.7. The van der Waals surface area contributed by atoms with Crippen molar-refractivity contribution in [3.63, 3.8) is 0 Å². The van der Waals surface area contributed by atoms with Gasteiger partial charge in [-0.2, -0.15) is 0 Å². The topological polar surface area (TPSA) is 52.6 Å². The molecule has 0 saturated carbocycles. The van der Waals surface area contributed by atoms with E-state index in [2.05, 4.69) is 13.8 Å². The van der Waals surface area contributed by atoms with Crippen LogP contribution in [0.5, 0.6) is 0 Å². The van der Waals surface area contributed by atoms with Crippen LogP contribution in [0.25, 0.3) is 0 Å². The SMILES string of the molecule is CCCCC1CCCCC(=O)O1.CCCCC1CCCCC(=O)O1. The summed E-state index contributed by atoms with van der Waals surface area (Å²) in [6.45, 7) is 4.33. The summed E-state index contributed by atoms with van der Waals surface area (Å²) >= 11 is 0. The zero-order valence-corrected chi connectivity index (χ0v) is 15.7. The van der Waals surface area contributed by atoms with Gasteiger partial charge in [0.15, 0.2) is 0 Å². The standard InChI is InChI=1S/2C10H18O2/c2*1-2-3-6-9-7-4-5-8-10(11)12-9/h2*9H,2-8H2,1H3. The molecule has 2 aliphatic rings. The predicted octanol–water partition coefficient (Wildman–Crippen LogP) is 5.32. The molecule has 0 aromatic heterocycles. The molecular formula is C20H36O4. The van der Waals surface area contributed by atoms with Gasteiger partial charge in [-0.05, 0) is 51.4 Å². The Bertz CT molecular complexity index is 320. The van der Waals surface area contributed by atoms with Gasteiger partial charge in [-0.25, -0.2) is 0 Å². The van der Waals surface area contributed by atoms with E-state index < -0.39 is 0 Å². The fourth-order valence-corrected chi connectivity index (χ4v) is 3.16. The summed E-state index contributed by atoms with van der Waals surface area (Å²) in [6.07, 6.45) is 15.0. The normalized spacial score (nSPS) is 24.8. The van der Waals surface area contributed by atoms with Gasteiger partial charge in [-0.15, -0.1) is 0 Å². The van der Waals surface area contributed by atoms with Crippen LogP contribution in [-0.2, 0) is 19.1 Å². The minimum atomic E-state index is 0.00797. The lowest BCUT2D eigenvalue weighted by Gasteiger charge is -2.13. The molecule has 4 nitrogen and oxygen atoms in total. The van der Waals surface area contributed by atoms with E-state index in [1.165, 1.54) is 25.7 Å². The quantitative estimate of drug-likeness (QED) is 0.614. The summed E-state index contributed by atoms with van der Waals surface area (Å²) in [4.78, 5) is 22.1. The van der Waals surface area contributed by atoms with Crippen LogP contribution in [0.1, 0.15) is 104 Å². The summed E-state index contributed by atoms with van der Waals surface area (Å²) in [6, 6.07) is 0. The molecule has 0 aromatic carbocycles. The average molecular weight is 341 g/mol. The van der Waals surface area contributed by atoms with Crippen LogP contribution in [0.2, 0.25) is 0 Å². The number of cyclic esters (lactones) is 2. The highest BCUT2D eigenvalue weighted by Gasteiger charge is 2.18. The molecule has 2 atom stereocenters. The van der Waals surface area contributed by atoms with Crippen LogP contribution in [-0.4, -0.2) is 24.1 Å². The highest BCUT2D eigenvalue weighted by atomic mass is 16.5. The van der Waals surface area contributed by atoms with Crippen molar-refractivity contribution in [1.82, 2.24) is 0 Å². The smallest absolute Gasteiger partial charge is 0.306 e. The molecule has 0 aliphatic carbocycles. The highest BCUT2D eigenvalue weighted by Crippen LogP contribution is 2.19. The Morgan fingerprint density at radius 3 is 1.54 bits per heavy atom. The van der Waals surface area contributed by atoms with Crippen LogP contribution in [0, 0.1) is 0 Å². The van der Waals surface area contributed by atoms with Crippen molar-refractivity contribution < 1.29 is 19.1 Å². The average Bonchev–Trinajstić information content (AvgIpc) is 2.91. The first-order valence-corrected chi connectivity index (χ1v) is 10.0. The molecule has 2 heterocycles. The lowest BCUT2D eigenvalue weighted by Crippen LogP contribution is -2.14. The number of esters is 2. The number of carbonyl (C=O) groups is 2. The molecule has 0 spiro atoms. The van der Waals surface area contributed by atoms with E-state index in [9.17, 15) is 9.59 Å². The van der Waals surface area contributed by atoms with E-state index in [4.69, 9.17) is 9.47 Å². The third kappa shape index (κ3) is 9.94. The molecule has 2 saturated heterocycles. The summed E-state index contributed by atoms with van der Waals surface area (Å²) in [5.74, 6) is 0.0159. The van der Waals surface area contributed by atoms with Gasteiger partial charge in [0.25, 0.3) is 0 Å². The molecule has 4 heteroatoms. The second-order valence-corrected chi connectivity index (χ2v) is 7.00. The van der Waals surface area contributed by atoms with Gasteiger partial charge < -0.3 is 9.47 Å². The summed E-state index contributed by atoms with van der Waals surface area (Å²) in [5, 5.41) is 0. The fraction of sp³-hybridized carbons (Fsp3) is 0.900. The molecule has 2 unspecified atom stereocenters. The largest absolute Gasteiger partial charge is 0.462 e. The molecular weight excluding hydrogens is 304 g/mol. The molecule has 2 rings (SSSR count). The number of hydrogen-bond donors (Lipinski definition) is 0. The van der Waals surface area contributed by atoms with Crippen LogP contribution in [0.3, 0.4) is 0 Å². The van der Waals surface area contributed by atoms with Crippen LogP contribution in [0.4, 0.5) is 0 Å². The lowest BCUT2D eigenvalue weighted by molar-refractivity contribution is -0.149. The summed E-state index contributed by atoms with van der Waals surface area (Å²) < 4.78 is 10.5. The molecule has 2 aliphatic heterocycles. The number of rotatable bonds is 6. The number of hydrogen-bond acceptors (Lipinski definition) is 4. The van der Waals surface area contributed by atoms with Gasteiger partial charge in [0, 0.05) is 12.8 Å². The Morgan fingerprint density at radius 2 is 1.17 bits per heavy atom. The fourth-order valence-electron chi connectivity index (χ4n) is 3.16. The van der Waals surface area contributed by atoms with Gasteiger partial charge >= 0.3 is 11.9 Å². The third-order valence-corrected chi connectivity index (χ3v) is 4.67. The lowest BCUT2D eigenvalue weighted by atomic mass is 10.1. The van der Waals surface area contributed by atoms with Crippen LogP contribution >= 0.6 is 0 Å². The Kier molecular flexibility index (Phi) is 11.6. The van der Waals surface area contributed by atoms with Crippen molar-refractivity contribution in [2.24, 2.45) is 0 Å². The maximum atomic E-state index is 11.0. The Hall–Kier alpha value is -1.06. The molecule has 0 bridgehead atoms. The van der Waals surface area contributed by atoms with E-state index in [1.54, 1.807) is 0 Å². The van der Waals surface area contributed by atoms with Crippen molar-refractivity contribution in [2.75, 3.05) is 0 Å². The zero-order valence-electron chi connectivity index (χ0n) is 15.7. The van der Waals surface area contributed by atoms with Gasteiger partial charge in [0.05, 0.1) is 0 Å². The van der Waals surface area contributed by atoms with Crippen LogP contribution < -0.4 is 0 Å². The van der Waals surface area contributed by atoms with E-state index >= 15 is 0 Å². The van der Waals surface area contributed by atoms with E-state index in [0.29, 0.717) is 12.8 Å². The maximum Gasteiger partial charge on any atom is 0.306 e. The second-order valence-electron chi connectivity index (χ2n) is 7.00. The summed E-state index contributed by atoms with van der Waals surface area (Å²) in [5.41, 5.74) is 0. The highest BCUT2D eigenvalue weighted by molar-refractivity contribution is 5.70. The molecule has 0 radical (unpaired) electrons. The van der Waals surface area contributed by atoms with Crippen molar-refractivity contribution in [2.45, 2.75) is 116 Å². The van der Waals surface area contributed by atoms with E-state index in [-0.39, 0.29) is 24.1 Å². The van der Waals surface area contributed by atoms with Crippen molar-refractivity contribution in [3.8, 4) is 0 Å². The van der Waals surface area contributed by atoms with Gasteiger partial charge in [-0.1, -0.05) is 39.5 Å². The van der Waals surface area contributed by atoms with Crippen molar-refractivity contribution in [1.29, 1.82) is 0 Å².